The molecule has 0 bridgehead atoms. The molecule has 0 amide bonds. The summed E-state index contributed by atoms with van der Waals surface area (Å²) in [6.45, 7) is 8.15. The molecule has 32 heavy (non-hydrogen) atoms. The molecule has 2 aromatic heterocycles. The highest BCUT2D eigenvalue weighted by molar-refractivity contribution is 9.10. The summed E-state index contributed by atoms with van der Waals surface area (Å²) in [5.74, 6) is 0. The Bertz CT molecular complexity index is 1300. The van der Waals surface area contributed by atoms with E-state index in [4.69, 9.17) is 9.31 Å². The van der Waals surface area contributed by atoms with Gasteiger partial charge in [0.25, 0.3) is 0 Å². The van der Waals surface area contributed by atoms with E-state index in [2.05, 4.69) is 15.9 Å². The van der Waals surface area contributed by atoms with Crippen LogP contribution < -0.4 is 5.46 Å². The van der Waals surface area contributed by atoms with Crippen molar-refractivity contribution in [3.8, 4) is 0 Å². The lowest BCUT2D eigenvalue weighted by Gasteiger charge is -2.32. The van der Waals surface area contributed by atoms with E-state index in [1.54, 1.807) is 0 Å². The molecular weight excluding hydrogens is 507 g/mol. The molecule has 5 rings (SSSR count). The first-order valence-electron chi connectivity index (χ1n) is 10.5. The van der Waals surface area contributed by atoms with Gasteiger partial charge in [0.1, 0.15) is 12.2 Å². The molecule has 4 aromatic rings. The van der Waals surface area contributed by atoms with Crippen molar-refractivity contribution in [2.24, 2.45) is 0 Å². The summed E-state index contributed by atoms with van der Waals surface area (Å²) in [4.78, 5) is 1.45. The SMILES string of the molecule is CC1(C)OB(c2cccc3cc(C(O)C(O)c4cc5cccc(Br)c5s4)sc23)OC1(C)C. The van der Waals surface area contributed by atoms with Gasteiger partial charge in [0.05, 0.1) is 11.2 Å². The number of aliphatic hydroxyl groups excluding tert-OH is 2. The Morgan fingerprint density at radius 1 is 0.812 bits per heavy atom. The zero-order chi connectivity index (χ0) is 22.8. The lowest BCUT2D eigenvalue weighted by molar-refractivity contribution is 0.00578. The minimum absolute atomic E-state index is 0.426. The Kier molecular flexibility index (Phi) is 5.57. The van der Waals surface area contributed by atoms with Crippen LogP contribution in [-0.4, -0.2) is 28.5 Å². The van der Waals surface area contributed by atoms with E-state index < -0.39 is 30.5 Å². The highest BCUT2D eigenvalue weighted by Gasteiger charge is 2.52. The molecule has 0 radical (unpaired) electrons. The predicted octanol–water partition coefficient (Wildman–Crippen LogP) is 5.94. The van der Waals surface area contributed by atoms with Crippen LogP contribution >= 0.6 is 38.6 Å². The van der Waals surface area contributed by atoms with Crippen molar-refractivity contribution in [3.63, 3.8) is 0 Å². The van der Waals surface area contributed by atoms with E-state index in [1.165, 1.54) is 22.7 Å². The molecule has 2 unspecified atom stereocenters. The number of rotatable bonds is 4. The quantitative estimate of drug-likeness (QED) is 0.320. The average molecular weight is 531 g/mol. The van der Waals surface area contributed by atoms with Crippen LogP contribution in [0, 0.1) is 0 Å². The molecule has 2 N–H and O–H groups in total. The number of benzene rings is 2. The van der Waals surface area contributed by atoms with Gasteiger partial charge < -0.3 is 19.5 Å². The maximum atomic E-state index is 11.1. The lowest BCUT2D eigenvalue weighted by atomic mass is 9.78. The number of aliphatic hydroxyl groups is 2. The van der Waals surface area contributed by atoms with E-state index in [0.29, 0.717) is 4.88 Å². The summed E-state index contributed by atoms with van der Waals surface area (Å²) in [6.07, 6.45) is -2.03. The summed E-state index contributed by atoms with van der Waals surface area (Å²) in [7, 11) is -0.475. The van der Waals surface area contributed by atoms with Crippen molar-refractivity contribution in [1.29, 1.82) is 0 Å². The second kappa shape index (κ2) is 7.91. The van der Waals surface area contributed by atoms with E-state index in [1.807, 2.05) is 76.2 Å². The molecular formula is C24H24BBrO4S2. The molecule has 2 aromatic carbocycles. The minimum Gasteiger partial charge on any atom is -0.399 e. The Hall–Kier alpha value is -1.26. The Morgan fingerprint density at radius 2 is 1.31 bits per heavy atom. The summed E-state index contributed by atoms with van der Waals surface area (Å²) < 4.78 is 15.6. The first-order valence-corrected chi connectivity index (χ1v) is 12.9. The van der Waals surface area contributed by atoms with Crippen molar-refractivity contribution in [3.05, 3.63) is 62.8 Å². The standard InChI is InChI=1S/C24H24BBrO4S2/c1-23(2)24(3,4)30-25(29-23)15-9-5-7-13-11-17(31-21(13)15)19(27)20(28)18-12-14-8-6-10-16(26)22(14)32-18/h5-12,19-20,27-28H,1-4H3. The molecule has 1 saturated heterocycles. The lowest BCUT2D eigenvalue weighted by Crippen LogP contribution is -2.41. The van der Waals surface area contributed by atoms with Crippen LogP contribution in [-0.2, 0) is 9.31 Å². The molecule has 1 aliphatic heterocycles. The van der Waals surface area contributed by atoms with Crippen LogP contribution in [0.2, 0.25) is 0 Å². The average Bonchev–Trinajstić information content (AvgIpc) is 3.41. The number of fused-ring (bicyclic) bond motifs is 2. The summed E-state index contributed by atoms with van der Waals surface area (Å²) in [6, 6.07) is 15.9. The molecule has 0 saturated carbocycles. The van der Waals surface area contributed by atoms with Gasteiger partial charge in [-0.25, -0.2) is 0 Å². The molecule has 8 heteroatoms. The van der Waals surface area contributed by atoms with Crippen molar-refractivity contribution in [2.45, 2.75) is 51.1 Å². The van der Waals surface area contributed by atoms with Crippen molar-refractivity contribution < 1.29 is 19.5 Å². The molecule has 3 heterocycles. The molecule has 2 atom stereocenters. The van der Waals surface area contributed by atoms with Crippen molar-refractivity contribution >= 4 is 71.4 Å². The summed E-state index contributed by atoms with van der Waals surface area (Å²) in [5, 5.41) is 24.1. The first-order chi connectivity index (χ1) is 15.1. The summed E-state index contributed by atoms with van der Waals surface area (Å²) >= 11 is 6.54. The van der Waals surface area contributed by atoms with Gasteiger partial charge >= 0.3 is 7.12 Å². The van der Waals surface area contributed by atoms with Gasteiger partial charge in [-0.05, 0) is 72.6 Å². The fourth-order valence-corrected chi connectivity index (χ4v) is 6.82. The third-order valence-electron chi connectivity index (χ3n) is 6.50. The van der Waals surface area contributed by atoms with Crippen LogP contribution in [0.1, 0.15) is 49.7 Å². The Labute approximate surface area is 204 Å². The van der Waals surface area contributed by atoms with Gasteiger partial charge in [0.15, 0.2) is 0 Å². The van der Waals surface area contributed by atoms with Crippen molar-refractivity contribution in [2.75, 3.05) is 0 Å². The van der Waals surface area contributed by atoms with Crippen LogP contribution in [0.25, 0.3) is 20.2 Å². The van der Waals surface area contributed by atoms with E-state index in [9.17, 15) is 10.2 Å². The molecule has 1 fully saturated rings. The van der Waals surface area contributed by atoms with Gasteiger partial charge in [-0.1, -0.05) is 30.3 Å². The second-order valence-electron chi connectivity index (χ2n) is 9.20. The maximum Gasteiger partial charge on any atom is 0.496 e. The Morgan fingerprint density at radius 3 is 1.88 bits per heavy atom. The number of thiophene rings is 2. The van der Waals surface area contributed by atoms with Gasteiger partial charge in [-0.2, -0.15) is 0 Å². The van der Waals surface area contributed by atoms with Crippen LogP contribution in [0.5, 0.6) is 0 Å². The number of hydrogen-bond donors (Lipinski definition) is 2. The fourth-order valence-electron chi connectivity index (χ4n) is 3.91. The maximum absolute atomic E-state index is 11.1. The normalized spacial score (nSPS) is 19.7. The zero-order valence-corrected chi connectivity index (χ0v) is 21.5. The monoisotopic (exact) mass is 530 g/mol. The molecule has 4 nitrogen and oxygen atoms in total. The van der Waals surface area contributed by atoms with Gasteiger partial charge in [0, 0.05) is 29.1 Å². The third kappa shape index (κ3) is 3.66. The summed E-state index contributed by atoms with van der Waals surface area (Å²) in [5.41, 5.74) is 0.0979. The third-order valence-corrected chi connectivity index (χ3v) is 9.95. The Balaban J connectivity index is 1.48. The van der Waals surface area contributed by atoms with E-state index in [-0.39, 0.29) is 0 Å². The van der Waals surface area contributed by atoms with E-state index >= 15 is 0 Å². The molecule has 1 aliphatic rings. The fraction of sp³-hybridized carbons (Fsp3) is 0.333. The topological polar surface area (TPSA) is 58.9 Å². The van der Waals surface area contributed by atoms with E-state index in [0.717, 1.165) is 35.0 Å². The highest BCUT2D eigenvalue weighted by atomic mass is 79.9. The van der Waals surface area contributed by atoms with Gasteiger partial charge in [-0.15, -0.1) is 22.7 Å². The predicted molar refractivity (Wildman–Crippen MR) is 137 cm³/mol. The van der Waals surface area contributed by atoms with Crippen LogP contribution in [0.4, 0.5) is 0 Å². The van der Waals surface area contributed by atoms with Gasteiger partial charge in [0.2, 0.25) is 0 Å². The first kappa shape index (κ1) is 22.5. The number of hydrogen-bond acceptors (Lipinski definition) is 6. The smallest absolute Gasteiger partial charge is 0.399 e. The number of halogens is 1. The van der Waals surface area contributed by atoms with Crippen LogP contribution in [0.15, 0.2) is 53.0 Å². The molecule has 166 valence electrons. The van der Waals surface area contributed by atoms with Crippen LogP contribution in [0.3, 0.4) is 0 Å². The second-order valence-corrected chi connectivity index (χ2v) is 12.2. The highest BCUT2D eigenvalue weighted by Crippen LogP contribution is 2.42. The minimum atomic E-state index is -1.02. The molecule has 0 aliphatic carbocycles. The zero-order valence-electron chi connectivity index (χ0n) is 18.3. The molecule has 0 spiro atoms. The van der Waals surface area contributed by atoms with Crippen molar-refractivity contribution in [1.82, 2.24) is 0 Å². The largest absolute Gasteiger partial charge is 0.496 e. The van der Waals surface area contributed by atoms with Gasteiger partial charge in [-0.3, -0.25) is 0 Å².